The molecule has 0 aliphatic heterocycles. The van der Waals surface area contributed by atoms with Gasteiger partial charge in [0.05, 0.1) is 0 Å². The van der Waals surface area contributed by atoms with Gasteiger partial charge in [-0.25, -0.2) is 0 Å². The van der Waals surface area contributed by atoms with Crippen LogP contribution >= 0.6 is 0 Å². The van der Waals surface area contributed by atoms with E-state index in [0.29, 0.717) is 5.90 Å². The summed E-state index contributed by atoms with van der Waals surface area (Å²) in [4.78, 5) is 4.87. The van der Waals surface area contributed by atoms with Crippen molar-refractivity contribution >= 4 is 5.90 Å². The zero-order chi connectivity index (χ0) is 13.7. The molecule has 19 heavy (non-hydrogen) atoms. The van der Waals surface area contributed by atoms with Crippen LogP contribution in [0, 0.1) is 13.8 Å². The van der Waals surface area contributed by atoms with Gasteiger partial charge in [0.25, 0.3) is 5.90 Å². The third kappa shape index (κ3) is 3.35. The number of hydrogen-bond acceptors (Lipinski definition) is 3. The average molecular weight is 255 g/mol. The van der Waals surface area contributed by atoms with E-state index in [1.165, 1.54) is 7.11 Å². The molecule has 0 saturated heterocycles. The van der Waals surface area contributed by atoms with Crippen LogP contribution in [0.4, 0.5) is 0 Å². The summed E-state index contributed by atoms with van der Waals surface area (Å²) in [5.74, 6) is 1.24. The maximum Gasteiger partial charge on any atom is 0.263 e. The number of rotatable bonds is 3. The van der Waals surface area contributed by atoms with E-state index in [0.717, 1.165) is 22.4 Å². The van der Waals surface area contributed by atoms with Crippen LogP contribution < -0.4 is 4.74 Å². The van der Waals surface area contributed by atoms with Crippen LogP contribution in [-0.2, 0) is 4.84 Å². The lowest BCUT2D eigenvalue weighted by molar-refractivity contribution is 0.206. The second kappa shape index (κ2) is 6.05. The summed E-state index contributed by atoms with van der Waals surface area (Å²) in [7, 11) is 1.51. The Morgan fingerprint density at radius 2 is 1.79 bits per heavy atom. The molecule has 0 aliphatic rings. The zero-order valence-corrected chi connectivity index (χ0v) is 11.4. The lowest BCUT2D eigenvalue weighted by atomic mass is 10.1. The van der Waals surface area contributed by atoms with E-state index in [9.17, 15) is 0 Å². The average Bonchev–Trinajstić information content (AvgIpc) is 2.40. The molecule has 98 valence electrons. The SMILES string of the molecule is CON=C(Oc1ccccc1C)c1cccc(C)c1. The molecular weight excluding hydrogens is 238 g/mol. The molecule has 0 saturated carbocycles. The Kier molecular flexibility index (Phi) is 4.18. The highest BCUT2D eigenvalue weighted by molar-refractivity contribution is 5.95. The predicted molar refractivity (Wildman–Crippen MR) is 76.5 cm³/mol. The Morgan fingerprint density at radius 3 is 2.47 bits per heavy atom. The Morgan fingerprint density at radius 1 is 1.00 bits per heavy atom. The first-order valence-corrected chi connectivity index (χ1v) is 6.12. The van der Waals surface area contributed by atoms with Gasteiger partial charge in [0.15, 0.2) is 0 Å². The van der Waals surface area contributed by atoms with Crippen molar-refractivity contribution < 1.29 is 9.57 Å². The maximum atomic E-state index is 5.85. The highest BCUT2D eigenvalue weighted by Gasteiger charge is 2.09. The summed E-state index contributed by atoms with van der Waals surface area (Å²) in [6.07, 6.45) is 0. The molecule has 0 unspecified atom stereocenters. The molecular formula is C16H17NO2. The van der Waals surface area contributed by atoms with Gasteiger partial charge in [0.2, 0.25) is 0 Å². The topological polar surface area (TPSA) is 30.8 Å². The molecule has 0 heterocycles. The van der Waals surface area contributed by atoms with Gasteiger partial charge in [-0.3, -0.25) is 0 Å². The third-order valence-corrected chi connectivity index (χ3v) is 2.74. The molecule has 0 aliphatic carbocycles. The minimum Gasteiger partial charge on any atom is -0.436 e. The van der Waals surface area contributed by atoms with Gasteiger partial charge >= 0.3 is 0 Å². The molecule has 0 fully saturated rings. The summed E-state index contributed by atoms with van der Waals surface area (Å²) in [5.41, 5.74) is 3.10. The summed E-state index contributed by atoms with van der Waals surface area (Å²) in [6, 6.07) is 15.8. The van der Waals surface area contributed by atoms with Crippen molar-refractivity contribution in [3.63, 3.8) is 0 Å². The predicted octanol–water partition coefficient (Wildman–Crippen LogP) is 3.69. The molecule has 0 N–H and O–H groups in total. The normalized spacial score (nSPS) is 11.2. The largest absolute Gasteiger partial charge is 0.436 e. The van der Waals surface area contributed by atoms with E-state index >= 15 is 0 Å². The van der Waals surface area contributed by atoms with Crippen LogP contribution in [0.5, 0.6) is 5.75 Å². The number of oxime groups is 1. The molecule has 0 atom stereocenters. The molecule has 3 heteroatoms. The van der Waals surface area contributed by atoms with Gasteiger partial charge < -0.3 is 9.57 Å². The molecule has 2 aromatic carbocycles. The first-order chi connectivity index (χ1) is 9.20. The second-order valence-corrected chi connectivity index (χ2v) is 4.32. The molecule has 0 bridgehead atoms. The van der Waals surface area contributed by atoms with Gasteiger partial charge in [-0.05, 0) is 42.8 Å². The van der Waals surface area contributed by atoms with Crippen molar-refractivity contribution in [2.24, 2.45) is 5.16 Å². The van der Waals surface area contributed by atoms with Crippen molar-refractivity contribution in [1.29, 1.82) is 0 Å². The second-order valence-electron chi connectivity index (χ2n) is 4.32. The van der Waals surface area contributed by atoms with Crippen LogP contribution in [-0.4, -0.2) is 13.0 Å². The minimum atomic E-state index is 0.459. The van der Waals surface area contributed by atoms with Crippen molar-refractivity contribution in [3.05, 3.63) is 65.2 Å². The molecule has 2 aromatic rings. The number of nitrogens with zero attached hydrogens (tertiary/aromatic N) is 1. The van der Waals surface area contributed by atoms with Gasteiger partial charge in [0, 0.05) is 5.56 Å². The first-order valence-electron chi connectivity index (χ1n) is 6.12. The fourth-order valence-corrected chi connectivity index (χ4v) is 1.77. The Hall–Kier alpha value is -2.29. The molecule has 2 rings (SSSR count). The van der Waals surface area contributed by atoms with Gasteiger partial charge in [-0.1, -0.05) is 35.9 Å². The Labute approximate surface area is 113 Å². The molecule has 0 spiro atoms. The first kappa shape index (κ1) is 13.1. The highest BCUT2D eigenvalue weighted by atomic mass is 16.6. The smallest absolute Gasteiger partial charge is 0.263 e. The quantitative estimate of drug-likeness (QED) is 0.476. The van der Waals surface area contributed by atoms with Crippen molar-refractivity contribution in [3.8, 4) is 5.75 Å². The molecule has 0 aromatic heterocycles. The monoisotopic (exact) mass is 255 g/mol. The highest BCUT2D eigenvalue weighted by Crippen LogP contribution is 2.18. The number of aryl methyl sites for hydroxylation is 2. The standard InChI is InChI=1S/C16H17NO2/c1-12-7-6-9-14(11-12)16(17-18-3)19-15-10-5-4-8-13(15)2/h4-11H,1-3H3. The molecule has 0 radical (unpaired) electrons. The van der Waals surface area contributed by atoms with E-state index in [4.69, 9.17) is 9.57 Å². The van der Waals surface area contributed by atoms with Crippen LogP contribution in [0.1, 0.15) is 16.7 Å². The summed E-state index contributed by atoms with van der Waals surface area (Å²) in [5, 5.41) is 3.97. The van der Waals surface area contributed by atoms with Crippen molar-refractivity contribution in [1.82, 2.24) is 0 Å². The number of benzene rings is 2. The fourth-order valence-electron chi connectivity index (χ4n) is 1.77. The van der Waals surface area contributed by atoms with Crippen LogP contribution in [0.2, 0.25) is 0 Å². The van der Waals surface area contributed by atoms with E-state index in [1.54, 1.807) is 0 Å². The van der Waals surface area contributed by atoms with E-state index in [1.807, 2.05) is 62.4 Å². The van der Waals surface area contributed by atoms with Gasteiger partial charge in [0.1, 0.15) is 12.9 Å². The van der Waals surface area contributed by atoms with Crippen molar-refractivity contribution in [2.45, 2.75) is 13.8 Å². The fraction of sp³-hybridized carbons (Fsp3) is 0.188. The maximum absolute atomic E-state index is 5.85. The van der Waals surface area contributed by atoms with Crippen molar-refractivity contribution in [2.75, 3.05) is 7.11 Å². The van der Waals surface area contributed by atoms with Crippen LogP contribution in [0.15, 0.2) is 53.7 Å². The summed E-state index contributed by atoms with van der Waals surface area (Å²) < 4.78 is 5.85. The lowest BCUT2D eigenvalue weighted by Gasteiger charge is -2.10. The minimum absolute atomic E-state index is 0.459. The van der Waals surface area contributed by atoms with Gasteiger partial charge in [-0.2, -0.15) is 0 Å². The number of para-hydroxylation sites is 1. The third-order valence-electron chi connectivity index (χ3n) is 2.74. The van der Waals surface area contributed by atoms with E-state index < -0.39 is 0 Å². The Bertz CT molecular complexity index is 591. The number of hydrogen-bond donors (Lipinski definition) is 0. The van der Waals surface area contributed by atoms with Crippen LogP contribution in [0.3, 0.4) is 0 Å². The summed E-state index contributed by atoms with van der Waals surface area (Å²) in [6.45, 7) is 4.03. The summed E-state index contributed by atoms with van der Waals surface area (Å²) >= 11 is 0. The lowest BCUT2D eigenvalue weighted by Crippen LogP contribution is -2.11. The van der Waals surface area contributed by atoms with Crippen LogP contribution in [0.25, 0.3) is 0 Å². The van der Waals surface area contributed by atoms with E-state index in [2.05, 4.69) is 5.16 Å². The van der Waals surface area contributed by atoms with Gasteiger partial charge in [-0.15, -0.1) is 0 Å². The molecule has 0 amide bonds. The molecule has 3 nitrogen and oxygen atoms in total. The Balaban J connectivity index is 2.32. The zero-order valence-electron chi connectivity index (χ0n) is 11.4. The van der Waals surface area contributed by atoms with E-state index in [-0.39, 0.29) is 0 Å². The number of ether oxygens (including phenoxy) is 1.